The Morgan fingerprint density at radius 2 is 2.29 bits per heavy atom. The summed E-state index contributed by atoms with van der Waals surface area (Å²) in [5.41, 5.74) is 1.61. The predicted octanol–water partition coefficient (Wildman–Crippen LogP) is 2.34. The van der Waals surface area contributed by atoms with E-state index >= 15 is 0 Å². The highest BCUT2D eigenvalue weighted by atomic mass is 15.1. The molecule has 17 heavy (non-hydrogen) atoms. The van der Waals surface area contributed by atoms with E-state index in [9.17, 15) is 0 Å². The highest BCUT2D eigenvalue weighted by Crippen LogP contribution is 2.34. The van der Waals surface area contributed by atoms with Gasteiger partial charge < -0.3 is 10.3 Å². The molecule has 2 N–H and O–H groups in total. The van der Waals surface area contributed by atoms with Gasteiger partial charge in [0.25, 0.3) is 0 Å². The number of nitrogens with zero attached hydrogens (tertiary/aromatic N) is 3. The average molecular weight is 231 g/mol. The van der Waals surface area contributed by atoms with Crippen LogP contribution in [0.5, 0.6) is 0 Å². The zero-order valence-electron chi connectivity index (χ0n) is 9.98. The summed E-state index contributed by atoms with van der Waals surface area (Å²) in [5, 5.41) is 3.43. The van der Waals surface area contributed by atoms with Crippen LogP contribution in [0.4, 0.5) is 5.82 Å². The van der Waals surface area contributed by atoms with E-state index in [4.69, 9.17) is 0 Å². The minimum Gasteiger partial charge on any atom is -0.366 e. The Kier molecular flexibility index (Phi) is 2.66. The number of anilines is 1. The SMILES string of the molecule is CC(CCC1CC1)Nc1ncnc2nc[nH]c12. The molecule has 2 aromatic heterocycles. The van der Waals surface area contributed by atoms with E-state index in [0.29, 0.717) is 6.04 Å². The zero-order chi connectivity index (χ0) is 11.7. The molecular formula is C12H17N5. The van der Waals surface area contributed by atoms with Crippen molar-refractivity contribution in [2.75, 3.05) is 5.32 Å². The van der Waals surface area contributed by atoms with Crippen molar-refractivity contribution < 1.29 is 0 Å². The van der Waals surface area contributed by atoms with E-state index in [-0.39, 0.29) is 0 Å². The third-order valence-corrected chi connectivity index (χ3v) is 3.31. The third-order valence-electron chi connectivity index (χ3n) is 3.31. The van der Waals surface area contributed by atoms with Gasteiger partial charge in [-0.05, 0) is 25.7 Å². The van der Waals surface area contributed by atoms with Crippen molar-refractivity contribution in [1.29, 1.82) is 0 Å². The molecule has 0 radical (unpaired) electrons. The van der Waals surface area contributed by atoms with Crippen molar-refractivity contribution in [2.45, 2.75) is 38.6 Å². The number of imidazole rings is 1. The fraction of sp³-hybridized carbons (Fsp3) is 0.583. The largest absolute Gasteiger partial charge is 0.366 e. The van der Waals surface area contributed by atoms with E-state index in [1.54, 1.807) is 12.7 Å². The van der Waals surface area contributed by atoms with E-state index in [1.165, 1.54) is 25.7 Å². The fourth-order valence-corrected chi connectivity index (χ4v) is 2.07. The van der Waals surface area contributed by atoms with Gasteiger partial charge in [0.1, 0.15) is 11.8 Å². The zero-order valence-corrected chi connectivity index (χ0v) is 9.98. The van der Waals surface area contributed by atoms with Gasteiger partial charge in [-0.2, -0.15) is 0 Å². The quantitative estimate of drug-likeness (QED) is 0.829. The number of fused-ring (bicyclic) bond motifs is 1. The highest BCUT2D eigenvalue weighted by Gasteiger charge is 2.21. The summed E-state index contributed by atoms with van der Waals surface area (Å²) in [7, 11) is 0. The lowest BCUT2D eigenvalue weighted by Gasteiger charge is -2.14. The summed E-state index contributed by atoms with van der Waals surface area (Å²) in [6.07, 6.45) is 8.57. The van der Waals surface area contributed by atoms with Gasteiger partial charge in [0.2, 0.25) is 0 Å². The number of H-pyrrole nitrogens is 1. The third kappa shape index (κ3) is 2.38. The van der Waals surface area contributed by atoms with Crippen LogP contribution in [0, 0.1) is 5.92 Å². The molecule has 1 fully saturated rings. The molecule has 0 amide bonds. The topological polar surface area (TPSA) is 66.5 Å². The van der Waals surface area contributed by atoms with Crippen LogP contribution in [0.1, 0.15) is 32.6 Å². The van der Waals surface area contributed by atoms with Crippen molar-refractivity contribution in [3.63, 3.8) is 0 Å². The van der Waals surface area contributed by atoms with Crippen LogP contribution in [0.3, 0.4) is 0 Å². The summed E-state index contributed by atoms with van der Waals surface area (Å²) in [6, 6.07) is 0.442. The lowest BCUT2D eigenvalue weighted by Crippen LogP contribution is -2.16. The molecule has 1 saturated carbocycles. The summed E-state index contributed by atoms with van der Waals surface area (Å²) in [6.45, 7) is 2.20. The first-order valence-electron chi connectivity index (χ1n) is 6.23. The minimum atomic E-state index is 0.442. The standard InChI is InChI=1S/C12H17N5/c1-8(2-3-9-4-5-9)17-12-10-11(14-6-13-10)15-7-16-12/h6-9H,2-5H2,1H3,(H2,13,14,15,16,17). The molecule has 1 aliphatic rings. The fourth-order valence-electron chi connectivity index (χ4n) is 2.07. The van der Waals surface area contributed by atoms with E-state index in [2.05, 4.69) is 32.2 Å². The van der Waals surface area contributed by atoms with Crippen molar-refractivity contribution in [3.05, 3.63) is 12.7 Å². The Hall–Kier alpha value is -1.65. The van der Waals surface area contributed by atoms with Crippen LogP contribution in [-0.2, 0) is 0 Å². The van der Waals surface area contributed by atoms with Crippen LogP contribution >= 0.6 is 0 Å². The first-order valence-corrected chi connectivity index (χ1v) is 6.23. The summed E-state index contributed by atoms with van der Waals surface area (Å²) >= 11 is 0. The molecular weight excluding hydrogens is 214 g/mol. The molecule has 2 heterocycles. The number of hydrogen-bond acceptors (Lipinski definition) is 4. The van der Waals surface area contributed by atoms with Gasteiger partial charge in [-0.25, -0.2) is 15.0 Å². The average Bonchev–Trinajstić information content (AvgIpc) is 3.03. The maximum atomic E-state index is 4.27. The number of hydrogen-bond donors (Lipinski definition) is 2. The number of rotatable bonds is 5. The molecule has 0 saturated heterocycles. The molecule has 0 spiro atoms. The molecule has 0 aliphatic heterocycles. The summed E-state index contributed by atoms with van der Waals surface area (Å²) < 4.78 is 0. The van der Waals surface area contributed by atoms with Gasteiger partial charge in [0.05, 0.1) is 6.33 Å². The van der Waals surface area contributed by atoms with Crippen LogP contribution < -0.4 is 5.32 Å². The van der Waals surface area contributed by atoms with Crippen LogP contribution in [0.15, 0.2) is 12.7 Å². The molecule has 1 aliphatic carbocycles. The van der Waals surface area contributed by atoms with Gasteiger partial charge in [-0.1, -0.05) is 12.8 Å². The van der Waals surface area contributed by atoms with Gasteiger partial charge in [0, 0.05) is 6.04 Å². The highest BCUT2D eigenvalue weighted by molar-refractivity contribution is 5.81. The van der Waals surface area contributed by atoms with E-state index in [0.717, 1.165) is 22.9 Å². The number of aromatic amines is 1. The summed E-state index contributed by atoms with van der Waals surface area (Å²) in [5.74, 6) is 1.84. The van der Waals surface area contributed by atoms with E-state index in [1.807, 2.05) is 0 Å². The maximum absolute atomic E-state index is 4.27. The van der Waals surface area contributed by atoms with Crippen molar-refractivity contribution in [3.8, 4) is 0 Å². The monoisotopic (exact) mass is 231 g/mol. The molecule has 90 valence electrons. The van der Waals surface area contributed by atoms with Gasteiger partial charge in [-0.15, -0.1) is 0 Å². The second-order valence-electron chi connectivity index (χ2n) is 4.89. The van der Waals surface area contributed by atoms with Crippen molar-refractivity contribution >= 4 is 17.0 Å². The Morgan fingerprint density at radius 3 is 3.12 bits per heavy atom. The lowest BCUT2D eigenvalue weighted by molar-refractivity contribution is 0.609. The van der Waals surface area contributed by atoms with Gasteiger partial charge >= 0.3 is 0 Å². The van der Waals surface area contributed by atoms with Crippen LogP contribution in [0.2, 0.25) is 0 Å². The first kappa shape index (κ1) is 10.5. The van der Waals surface area contributed by atoms with Crippen LogP contribution in [0.25, 0.3) is 11.2 Å². The molecule has 0 bridgehead atoms. The molecule has 2 aromatic rings. The Labute approximate surface area is 100 Å². The first-order chi connectivity index (χ1) is 8.33. The van der Waals surface area contributed by atoms with Gasteiger partial charge in [0.15, 0.2) is 11.5 Å². The van der Waals surface area contributed by atoms with Gasteiger partial charge in [-0.3, -0.25) is 0 Å². The Balaban J connectivity index is 1.68. The molecule has 0 aromatic carbocycles. The van der Waals surface area contributed by atoms with E-state index < -0.39 is 0 Å². The molecule has 3 rings (SSSR count). The second kappa shape index (κ2) is 4.31. The van der Waals surface area contributed by atoms with Crippen molar-refractivity contribution in [1.82, 2.24) is 19.9 Å². The molecule has 1 atom stereocenters. The molecule has 1 unspecified atom stereocenters. The minimum absolute atomic E-state index is 0.442. The number of nitrogens with one attached hydrogen (secondary N) is 2. The lowest BCUT2D eigenvalue weighted by atomic mass is 10.1. The smallest absolute Gasteiger partial charge is 0.182 e. The maximum Gasteiger partial charge on any atom is 0.182 e. The number of aromatic nitrogens is 4. The van der Waals surface area contributed by atoms with Crippen molar-refractivity contribution in [2.24, 2.45) is 5.92 Å². The van der Waals surface area contributed by atoms with Crippen LogP contribution in [-0.4, -0.2) is 26.0 Å². The Morgan fingerprint density at radius 1 is 1.41 bits per heavy atom. The molecule has 5 nitrogen and oxygen atoms in total. The predicted molar refractivity (Wildman–Crippen MR) is 66.7 cm³/mol. The summed E-state index contributed by atoms with van der Waals surface area (Å²) in [4.78, 5) is 15.6. The Bertz CT molecular complexity index is 502. The molecule has 5 heteroatoms. The normalized spacial score (nSPS) is 17.2. The second-order valence-corrected chi connectivity index (χ2v) is 4.89.